The molecule has 0 fully saturated rings. The molecule has 2 aliphatic heterocycles. The van der Waals surface area contributed by atoms with Crippen LogP contribution in [0.1, 0.15) is 158 Å². The van der Waals surface area contributed by atoms with E-state index in [9.17, 15) is 0 Å². The van der Waals surface area contributed by atoms with Crippen molar-refractivity contribution in [1.82, 2.24) is 15.0 Å². The van der Waals surface area contributed by atoms with Gasteiger partial charge in [0.25, 0.3) is 6.71 Å². The third-order valence-electron chi connectivity index (χ3n) is 15.6. The van der Waals surface area contributed by atoms with Gasteiger partial charge in [0.2, 0.25) is 0 Å². The van der Waals surface area contributed by atoms with Crippen molar-refractivity contribution in [1.29, 1.82) is 0 Å². The van der Waals surface area contributed by atoms with E-state index in [2.05, 4.69) is 268 Å². The second-order valence-electron chi connectivity index (χ2n) is 27.7. The maximum atomic E-state index is 5.46. The van der Waals surface area contributed by atoms with E-state index in [-0.39, 0.29) is 39.2 Å². The van der Waals surface area contributed by atoms with E-state index >= 15 is 0 Å². The lowest BCUT2D eigenvalue weighted by Crippen LogP contribution is -2.61. The lowest BCUT2D eigenvalue weighted by molar-refractivity contribution is 0.568. The minimum atomic E-state index is -0.110. The highest BCUT2D eigenvalue weighted by Gasteiger charge is 2.45. The molecule has 0 saturated carbocycles. The molecule has 0 spiro atoms. The Hall–Kier alpha value is -6.79. The molecule has 7 aromatic carbocycles. The van der Waals surface area contributed by atoms with E-state index in [0.29, 0.717) is 17.5 Å². The molecule has 10 rings (SSSR count). The van der Waals surface area contributed by atoms with Gasteiger partial charge in [-0.3, -0.25) is 0 Å². The van der Waals surface area contributed by atoms with E-state index in [0.717, 1.165) is 39.4 Å². The topological polar surface area (TPSA) is 45.2 Å². The normalized spacial score (nSPS) is 13.9. The highest BCUT2D eigenvalue weighted by Crippen LogP contribution is 2.49. The van der Waals surface area contributed by atoms with Crippen molar-refractivity contribution in [2.45, 2.75) is 157 Å². The van der Waals surface area contributed by atoms with Crippen LogP contribution in [0.3, 0.4) is 0 Å². The van der Waals surface area contributed by atoms with Crippen LogP contribution in [0.25, 0.3) is 34.2 Å². The van der Waals surface area contributed by atoms with E-state index in [4.69, 9.17) is 15.0 Å². The molecular formula is C69H78BN5. The fourth-order valence-corrected chi connectivity index (χ4v) is 10.8. The van der Waals surface area contributed by atoms with E-state index < -0.39 is 0 Å². The molecule has 1 aromatic heterocycles. The van der Waals surface area contributed by atoms with Crippen molar-refractivity contribution >= 4 is 57.2 Å². The zero-order valence-corrected chi connectivity index (χ0v) is 48.2. The fourth-order valence-electron chi connectivity index (χ4n) is 10.8. The first-order valence-corrected chi connectivity index (χ1v) is 27.2. The predicted octanol–water partition coefficient (Wildman–Crippen LogP) is 16.7. The molecule has 5 nitrogen and oxygen atoms in total. The molecule has 0 N–H and O–H groups in total. The van der Waals surface area contributed by atoms with E-state index in [1.165, 1.54) is 61.1 Å². The summed E-state index contributed by atoms with van der Waals surface area (Å²) in [5, 5.41) is 0. The Labute approximate surface area is 450 Å². The summed E-state index contributed by atoms with van der Waals surface area (Å²) in [6, 6.07) is 54.9. The number of rotatable bonds is 5. The molecule has 8 aromatic rings. The largest absolute Gasteiger partial charge is 0.311 e. The summed E-state index contributed by atoms with van der Waals surface area (Å²) in [5.41, 5.74) is 20.8. The molecule has 0 aliphatic carbocycles. The maximum Gasteiger partial charge on any atom is 0.252 e. The first-order chi connectivity index (χ1) is 34.9. The van der Waals surface area contributed by atoms with Gasteiger partial charge in [-0.05, 0) is 131 Å². The summed E-state index contributed by atoms with van der Waals surface area (Å²) in [5.74, 6) is 1.90. The van der Waals surface area contributed by atoms with Gasteiger partial charge in [0.1, 0.15) is 0 Å². The molecule has 0 radical (unpaired) electrons. The highest BCUT2D eigenvalue weighted by molar-refractivity contribution is 7.00. The molecule has 0 amide bonds. The Morgan fingerprint density at radius 3 is 0.907 bits per heavy atom. The molecule has 3 heterocycles. The summed E-state index contributed by atoms with van der Waals surface area (Å²) >= 11 is 0. The molecule has 0 bridgehead atoms. The van der Waals surface area contributed by atoms with Crippen molar-refractivity contribution in [3.63, 3.8) is 0 Å². The second kappa shape index (κ2) is 17.9. The number of anilines is 6. The zero-order valence-electron chi connectivity index (χ0n) is 48.2. The average molecular weight is 988 g/mol. The molecule has 0 saturated heterocycles. The van der Waals surface area contributed by atoms with Gasteiger partial charge >= 0.3 is 0 Å². The van der Waals surface area contributed by atoms with Crippen LogP contribution >= 0.6 is 0 Å². The van der Waals surface area contributed by atoms with Crippen molar-refractivity contribution in [3.05, 3.63) is 179 Å². The lowest BCUT2D eigenvalue weighted by atomic mass is 9.33. The highest BCUT2D eigenvalue weighted by atomic mass is 15.2. The van der Waals surface area contributed by atoms with E-state index in [1.807, 2.05) is 12.1 Å². The van der Waals surface area contributed by atoms with Crippen LogP contribution in [0.5, 0.6) is 0 Å². The minimum absolute atomic E-state index is 0.0801. The maximum absolute atomic E-state index is 5.46. The predicted molar refractivity (Wildman–Crippen MR) is 322 cm³/mol. The third-order valence-corrected chi connectivity index (χ3v) is 15.6. The number of fused-ring (bicyclic) bond motifs is 4. The molecular weight excluding hydrogens is 910 g/mol. The number of benzene rings is 7. The summed E-state index contributed by atoms with van der Waals surface area (Å²) in [6.45, 7) is 42.0. The van der Waals surface area contributed by atoms with E-state index in [1.54, 1.807) is 0 Å². The first kappa shape index (κ1) is 51.7. The summed E-state index contributed by atoms with van der Waals surface area (Å²) in [7, 11) is 0. The molecule has 382 valence electrons. The quantitative estimate of drug-likeness (QED) is 0.161. The lowest BCUT2D eigenvalue weighted by Gasteiger charge is -2.45. The Morgan fingerprint density at radius 1 is 0.293 bits per heavy atom. The van der Waals surface area contributed by atoms with Crippen molar-refractivity contribution in [2.24, 2.45) is 0 Å². The number of hydrogen-bond donors (Lipinski definition) is 0. The first-order valence-electron chi connectivity index (χ1n) is 27.2. The van der Waals surface area contributed by atoms with Gasteiger partial charge in [-0.1, -0.05) is 222 Å². The zero-order chi connectivity index (χ0) is 53.9. The van der Waals surface area contributed by atoms with Gasteiger partial charge in [0.15, 0.2) is 17.5 Å². The second-order valence-corrected chi connectivity index (χ2v) is 27.7. The van der Waals surface area contributed by atoms with Crippen LogP contribution in [0.2, 0.25) is 0 Å². The Balaban J connectivity index is 1.41. The Kier molecular flexibility index (Phi) is 12.4. The van der Waals surface area contributed by atoms with Crippen molar-refractivity contribution in [3.8, 4) is 34.2 Å². The summed E-state index contributed by atoms with van der Waals surface area (Å²) in [4.78, 5) is 21.3. The number of nitrogens with zero attached hydrogens (tertiary/aromatic N) is 5. The van der Waals surface area contributed by atoms with Crippen molar-refractivity contribution in [2.75, 3.05) is 9.80 Å². The number of hydrogen-bond acceptors (Lipinski definition) is 5. The molecule has 6 heteroatoms. The van der Waals surface area contributed by atoms with Gasteiger partial charge in [-0.2, -0.15) is 0 Å². The van der Waals surface area contributed by atoms with Gasteiger partial charge in [-0.15, -0.1) is 0 Å². The van der Waals surface area contributed by atoms with Crippen LogP contribution < -0.4 is 26.2 Å². The van der Waals surface area contributed by atoms with Crippen LogP contribution in [-0.4, -0.2) is 21.7 Å². The van der Waals surface area contributed by atoms with Gasteiger partial charge in [0.05, 0.1) is 0 Å². The van der Waals surface area contributed by atoms with Crippen LogP contribution in [0.4, 0.5) is 34.1 Å². The van der Waals surface area contributed by atoms with Gasteiger partial charge < -0.3 is 9.80 Å². The molecule has 0 unspecified atom stereocenters. The van der Waals surface area contributed by atoms with Gasteiger partial charge in [-0.25, -0.2) is 15.0 Å². The SMILES string of the molecule is CC(C)(C)c1cc(N2c3cc(C(C)(C)C)ccc3B3c4ccc(C(C)(C)C)cc4N(c4cc(C(C)(C)C)cc(C(C)(C)C)c4)c4cc(-c5nc(-c6ccccc6)nc(-c6ccccc6)n5)cc2c43)cc(C(C)(C)C)c1. The van der Waals surface area contributed by atoms with Crippen LogP contribution in [-0.2, 0) is 32.5 Å². The van der Waals surface area contributed by atoms with Gasteiger partial charge in [0, 0.05) is 50.8 Å². The Bertz CT molecular complexity index is 3210. The summed E-state index contributed by atoms with van der Waals surface area (Å²) < 4.78 is 0. The number of aromatic nitrogens is 3. The fraction of sp³-hybridized carbons (Fsp3) is 0.348. The standard InChI is InChI=1S/C69H78BN5/c1-64(2,3)46-29-31-54-56(41-46)74(52-37-48(66(7,8)9)35-49(38-52)67(10,11)12)58-33-45(63-72-61(43-25-21-19-22-26-43)71-62(73-63)44-27-23-20-24-28-44)34-59-60(58)70(54)55-32-30-47(65(4,5)6)42-57(55)75(59)53-39-50(68(13,14)15)36-51(40-53)69(16,17)18/h19-42H,1-18H3. The molecule has 0 atom stereocenters. The van der Waals surface area contributed by atoms with Crippen molar-refractivity contribution < 1.29 is 0 Å². The van der Waals surface area contributed by atoms with Crippen LogP contribution in [0.15, 0.2) is 146 Å². The van der Waals surface area contributed by atoms with Crippen LogP contribution in [0, 0.1) is 0 Å². The molecule has 75 heavy (non-hydrogen) atoms. The average Bonchev–Trinajstić information content (AvgIpc) is 3.35. The molecule has 2 aliphatic rings. The minimum Gasteiger partial charge on any atom is -0.311 e. The Morgan fingerprint density at radius 2 is 0.600 bits per heavy atom. The monoisotopic (exact) mass is 988 g/mol. The smallest absolute Gasteiger partial charge is 0.252 e. The summed E-state index contributed by atoms with van der Waals surface area (Å²) in [6.07, 6.45) is 0. The third kappa shape index (κ3) is 9.75.